The minimum Gasteiger partial charge on any atom is -0.434 e. The average Bonchev–Trinajstić information content (AvgIpc) is 2.37. The Balaban J connectivity index is 2.63. The van der Waals surface area contributed by atoms with Gasteiger partial charge < -0.3 is 4.74 Å². The summed E-state index contributed by atoms with van der Waals surface area (Å²) in [6.07, 6.45) is -4.90. The van der Waals surface area contributed by atoms with Crippen molar-refractivity contribution < 1.29 is 26.7 Å². The maximum atomic E-state index is 13.0. The van der Waals surface area contributed by atoms with Gasteiger partial charge in [0.1, 0.15) is 5.75 Å². The highest BCUT2D eigenvalue weighted by molar-refractivity contribution is 6.41. The molecule has 0 unspecified atom stereocenters. The van der Waals surface area contributed by atoms with Crippen molar-refractivity contribution in [3.8, 4) is 16.9 Å². The number of rotatable bonds is 3. The first kappa shape index (κ1) is 18.1. The van der Waals surface area contributed by atoms with Crippen molar-refractivity contribution in [3.05, 3.63) is 51.0 Å². The molecule has 0 saturated carbocycles. The van der Waals surface area contributed by atoms with Gasteiger partial charge in [0, 0.05) is 10.6 Å². The largest absolute Gasteiger partial charge is 0.434 e. The summed E-state index contributed by atoms with van der Waals surface area (Å²) in [5.41, 5.74) is -1.27. The molecule has 2 aromatic rings. The number of halogens is 8. The molecule has 0 aromatic heterocycles. The Bertz CT molecular complexity index is 708. The maximum Gasteiger partial charge on any atom is 0.419 e. The molecule has 0 saturated heterocycles. The van der Waals surface area contributed by atoms with E-state index in [0.29, 0.717) is 6.07 Å². The number of ether oxygens (including phenoxy) is 1. The molecule has 0 radical (unpaired) electrons. The van der Waals surface area contributed by atoms with Crippen molar-refractivity contribution in [2.45, 2.75) is 12.8 Å². The summed E-state index contributed by atoms with van der Waals surface area (Å²) in [5.74, 6) is -0.988. The summed E-state index contributed by atoms with van der Waals surface area (Å²) in [4.78, 5) is 0. The third-order valence-electron chi connectivity index (χ3n) is 2.80. The predicted molar refractivity (Wildman–Crippen MR) is 78.5 cm³/mol. The first-order valence-electron chi connectivity index (χ1n) is 5.90. The molecule has 124 valence electrons. The lowest BCUT2D eigenvalue weighted by molar-refractivity contribution is -0.141. The molecule has 0 N–H and O–H groups in total. The second-order valence-electron chi connectivity index (χ2n) is 4.33. The number of hydrogen-bond acceptors (Lipinski definition) is 1. The Labute approximate surface area is 142 Å². The van der Waals surface area contributed by atoms with E-state index in [4.69, 9.17) is 34.8 Å². The predicted octanol–water partition coefficient (Wildman–Crippen LogP) is 6.93. The van der Waals surface area contributed by atoms with Crippen LogP contribution < -0.4 is 4.74 Å². The van der Waals surface area contributed by atoms with Crippen LogP contribution >= 0.6 is 34.8 Å². The SMILES string of the molecule is FC(F)Oc1ccc(-c2c(Cl)cc(Cl)cc2Cl)cc1C(F)(F)F. The summed E-state index contributed by atoms with van der Waals surface area (Å²) in [5, 5.41) is 0.258. The fraction of sp³-hybridized carbons (Fsp3) is 0.143. The standard InChI is InChI=1S/C14H6Cl3F5O/c15-7-4-9(16)12(10(17)5-7)6-1-2-11(23-13(18)19)8(3-6)14(20,21)22/h1-5,13H. The van der Waals surface area contributed by atoms with Crippen molar-refractivity contribution in [2.75, 3.05) is 0 Å². The van der Waals surface area contributed by atoms with Gasteiger partial charge in [-0.15, -0.1) is 0 Å². The lowest BCUT2D eigenvalue weighted by Gasteiger charge is -2.16. The van der Waals surface area contributed by atoms with Gasteiger partial charge in [0.25, 0.3) is 0 Å². The molecule has 0 aliphatic rings. The zero-order valence-electron chi connectivity index (χ0n) is 10.9. The molecule has 0 bridgehead atoms. The Hall–Kier alpha value is -1.24. The van der Waals surface area contributed by atoms with Gasteiger partial charge in [0.05, 0.1) is 15.6 Å². The lowest BCUT2D eigenvalue weighted by atomic mass is 10.0. The van der Waals surface area contributed by atoms with Gasteiger partial charge in [-0.2, -0.15) is 22.0 Å². The zero-order chi connectivity index (χ0) is 17.4. The Kier molecular flexibility index (Phi) is 5.28. The van der Waals surface area contributed by atoms with Crippen LogP contribution in [0.5, 0.6) is 5.75 Å². The minimum atomic E-state index is -4.90. The van der Waals surface area contributed by atoms with Crippen molar-refractivity contribution in [1.29, 1.82) is 0 Å². The first-order valence-corrected chi connectivity index (χ1v) is 7.04. The van der Waals surface area contributed by atoms with E-state index >= 15 is 0 Å². The molecular weight excluding hydrogens is 386 g/mol. The van der Waals surface area contributed by atoms with Gasteiger partial charge in [0.15, 0.2) is 0 Å². The molecule has 23 heavy (non-hydrogen) atoms. The molecule has 0 spiro atoms. The summed E-state index contributed by atoms with van der Waals surface area (Å²) >= 11 is 17.7. The van der Waals surface area contributed by atoms with Gasteiger partial charge in [0.2, 0.25) is 0 Å². The van der Waals surface area contributed by atoms with Crippen LogP contribution in [0.25, 0.3) is 11.1 Å². The van der Waals surface area contributed by atoms with E-state index in [0.717, 1.165) is 12.1 Å². The van der Waals surface area contributed by atoms with Crippen LogP contribution in [0.1, 0.15) is 5.56 Å². The van der Waals surface area contributed by atoms with Gasteiger partial charge >= 0.3 is 12.8 Å². The Morgan fingerprint density at radius 3 is 1.96 bits per heavy atom. The third kappa shape index (κ3) is 4.19. The van der Waals surface area contributed by atoms with Crippen LogP contribution in [-0.4, -0.2) is 6.61 Å². The average molecular weight is 392 g/mol. The zero-order valence-corrected chi connectivity index (χ0v) is 13.2. The molecule has 0 aliphatic carbocycles. The minimum absolute atomic E-state index is 0.00870. The van der Waals surface area contributed by atoms with Crippen LogP contribution in [0.15, 0.2) is 30.3 Å². The molecule has 9 heteroatoms. The molecule has 2 aromatic carbocycles. The number of benzene rings is 2. The fourth-order valence-corrected chi connectivity index (χ4v) is 2.96. The third-order valence-corrected chi connectivity index (χ3v) is 3.61. The van der Waals surface area contributed by atoms with Crippen LogP contribution in [-0.2, 0) is 6.18 Å². The Morgan fingerprint density at radius 1 is 0.913 bits per heavy atom. The van der Waals surface area contributed by atoms with Crippen molar-refractivity contribution in [3.63, 3.8) is 0 Å². The maximum absolute atomic E-state index is 13.0. The molecule has 0 amide bonds. The second kappa shape index (κ2) is 6.71. The second-order valence-corrected chi connectivity index (χ2v) is 5.58. The fourth-order valence-electron chi connectivity index (χ4n) is 1.92. The smallest absolute Gasteiger partial charge is 0.419 e. The number of alkyl halides is 5. The van der Waals surface area contributed by atoms with E-state index in [1.54, 1.807) is 0 Å². The molecule has 0 fully saturated rings. The highest BCUT2D eigenvalue weighted by Crippen LogP contribution is 2.43. The van der Waals surface area contributed by atoms with Crippen molar-refractivity contribution >= 4 is 34.8 Å². The topological polar surface area (TPSA) is 9.23 Å². The van der Waals surface area contributed by atoms with E-state index in [2.05, 4.69) is 4.74 Å². The molecular formula is C14H6Cl3F5O. The summed E-state index contributed by atoms with van der Waals surface area (Å²) in [6, 6.07) is 5.18. The van der Waals surface area contributed by atoms with Gasteiger partial charge in [-0.3, -0.25) is 0 Å². The van der Waals surface area contributed by atoms with E-state index in [-0.39, 0.29) is 26.2 Å². The van der Waals surface area contributed by atoms with Crippen LogP contribution in [0.4, 0.5) is 22.0 Å². The Morgan fingerprint density at radius 2 is 1.48 bits per heavy atom. The van der Waals surface area contributed by atoms with Crippen molar-refractivity contribution in [1.82, 2.24) is 0 Å². The van der Waals surface area contributed by atoms with E-state index in [9.17, 15) is 22.0 Å². The quantitative estimate of drug-likeness (QED) is 0.515. The highest BCUT2D eigenvalue weighted by atomic mass is 35.5. The molecule has 2 rings (SSSR count). The molecule has 0 atom stereocenters. The van der Waals surface area contributed by atoms with E-state index in [1.165, 1.54) is 12.1 Å². The summed E-state index contributed by atoms with van der Waals surface area (Å²) in [7, 11) is 0. The van der Waals surface area contributed by atoms with Crippen LogP contribution in [0.2, 0.25) is 15.1 Å². The summed E-state index contributed by atoms with van der Waals surface area (Å²) in [6.45, 7) is -3.38. The van der Waals surface area contributed by atoms with Gasteiger partial charge in [-0.1, -0.05) is 40.9 Å². The van der Waals surface area contributed by atoms with Crippen molar-refractivity contribution in [2.24, 2.45) is 0 Å². The monoisotopic (exact) mass is 390 g/mol. The normalized spacial score (nSPS) is 11.9. The lowest BCUT2D eigenvalue weighted by Crippen LogP contribution is -2.11. The number of hydrogen-bond donors (Lipinski definition) is 0. The summed E-state index contributed by atoms with van der Waals surface area (Å²) < 4.78 is 67.5. The molecule has 1 nitrogen and oxygen atoms in total. The van der Waals surface area contributed by atoms with E-state index < -0.39 is 24.1 Å². The van der Waals surface area contributed by atoms with Gasteiger partial charge in [-0.05, 0) is 29.8 Å². The molecule has 0 aliphatic heterocycles. The highest BCUT2D eigenvalue weighted by Gasteiger charge is 2.35. The molecule has 0 heterocycles. The van der Waals surface area contributed by atoms with Crippen LogP contribution in [0, 0.1) is 0 Å². The van der Waals surface area contributed by atoms with E-state index in [1.807, 2.05) is 0 Å². The first-order chi connectivity index (χ1) is 10.6. The van der Waals surface area contributed by atoms with Gasteiger partial charge in [-0.25, -0.2) is 0 Å². The van der Waals surface area contributed by atoms with Crippen LogP contribution in [0.3, 0.4) is 0 Å².